The highest BCUT2D eigenvalue weighted by Gasteiger charge is 2.29. The number of methoxy groups -OCH3 is 2. The van der Waals surface area contributed by atoms with Crippen molar-refractivity contribution < 1.29 is 19.1 Å². The molecular formula is C34H22O4. The molecule has 0 spiro atoms. The third-order valence-electron chi connectivity index (χ3n) is 7.64. The normalized spacial score (nSPS) is 11.6. The molecule has 0 heterocycles. The van der Waals surface area contributed by atoms with Gasteiger partial charge in [0.05, 0.1) is 25.3 Å². The summed E-state index contributed by atoms with van der Waals surface area (Å²) >= 11 is 0. The molecule has 7 aromatic rings. The number of rotatable bonds is 2. The molecule has 7 rings (SSSR count). The first-order valence-corrected chi connectivity index (χ1v) is 12.4. The highest BCUT2D eigenvalue weighted by atomic mass is 16.5. The second-order valence-electron chi connectivity index (χ2n) is 9.48. The lowest BCUT2D eigenvalue weighted by Gasteiger charge is -2.19. The number of carbonyl (C=O) groups is 2. The number of esters is 2. The fourth-order valence-corrected chi connectivity index (χ4v) is 6.03. The van der Waals surface area contributed by atoms with Crippen LogP contribution in [0.3, 0.4) is 0 Å². The molecule has 0 aliphatic rings. The van der Waals surface area contributed by atoms with E-state index in [9.17, 15) is 9.59 Å². The summed E-state index contributed by atoms with van der Waals surface area (Å²) < 4.78 is 10.7. The minimum absolute atomic E-state index is 0.226. The van der Waals surface area contributed by atoms with Crippen LogP contribution in [-0.4, -0.2) is 26.2 Å². The molecule has 38 heavy (non-hydrogen) atoms. The zero-order chi connectivity index (χ0) is 26.0. The van der Waals surface area contributed by atoms with Crippen LogP contribution in [0.25, 0.3) is 64.6 Å². The molecule has 0 saturated carbocycles. The smallest absolute Gasteiger partial charge is 0.339 e. The van der Waals surface area contributed by atoms with E-state index in [1.54, 1.807) is 0 Å². The van der Waals surface area contributed by atoms with Gasteiger partial charge in [0, 0.05) is 10.8 Å². The molecule has 0 unspecified atom stereocenters. The molecule has 0 radical (unpaired) electrons. The largest absolute Gasteiger partial charge is 0.465 e. The molecule has 0 saturated heterocycles. The van der Waals surface area contributed by atoms with E-state index in [1.165, 1.54) is 14.2 Å². The predicted molar refractivity (Wildman–Crippen MR) is 154 cm³/mol. The molecule has 0 N–H and O–H groups in total. The van der Waals surface area contributed by atoms with Crippen molar-refractivity contribution in [3.8, 4) is 0 Å². The molecule has 0 atom stereocenters. The summed E-state index contributed by atoms with van der Waals surface area (Å²) in [4.78, 5) is 27.3. The van der Waals surface area contributed by atoms with Gasteiger partial charge in [0.1, 0.15) is 0 Å². The Bertz CT molecular complexity index is 1990. The molecule has 4 heteroatoms. The van der Waals surface area contributed by atoms with Crippen LogP contribution in [0.15, 0.2) is 97.1 Å². The average Bonchev–Trinajstić information content (AvgIpc) is 2.98. The molecular weight excluding hydrogens is 472 g/mol. The van der Waals surface area contributed by atoms with E-state index >= 15 is 0 Å². The van der Waals surface area contributed by atoms with E-state index in [0.717, 1.165) is 53.9 Å². The van der Waals surface area contributed by atoms with Crippen LogP contribution in [0.5, 0.6) is 0 Å². The standard InChI is InChI=1S/C34H22O4/c1-37-33(35)31-29-25(17-15-21-13-11-19-7-3-5-9-23(19)27(21)29)26-18-16-22-14-12-20-8-4-6-10-24(20)28(22)30(26)32(31)34(36)38-2/h3-18H,1-2H3. The van der Waals surface area contributed by atoms with Crippen molar-refractivity contribution in [3.63, 3.8) is 0 Å². The van der Waals surface area contributed by atoms with Crippen molar-refractivity contribution >= 4 is 76.6 Å². The minimum atomic E-state index is -0.574. The van der Waals surface area contributed by atoms with Crippen molar-refractivity contribution in [2.45, 2.75) is 0 Å². The summed E-state index contributed by atoms with van der Waals surface area (Å²) in [7, 11) is 2.70. The van der Waals surface area contributed by atoms with Gasteiger partial charge >= 0.3 is 11.9 Å². The van der Waals surface area contributed by atoms with Gasteiger partial charge < -0.3 is 9.47 Å². The lowest BCUT2D eigenvalue weighted by atomic mass is 9.84. The molecule has 7 aromatic carbocycles. The van der Waals surface area contributed by atoms with Crippen molar-refractivity contribution in [3.05, 3.63) is 108 Å². The Morgan fingerprint density at radius 3 is 1.21 bits per heavy atom. The van der Waals surface area contributed by atoms with Gasteiger partial charge in [-0.15, -0.1) is 0 Å². The number of ether oxygens (including phenoxy) is 2. The predicted octanol–water partition coefficient (Wildman–Crippen LogP) is 8.18. The van der Waals surface area contributed by atoms with Gasteiger partial charge in [-0.05, 0) is 53.9 Å². The zero-order valence-electron chi connectivity index (χ0n) is 20.9. The van der Waals surface area contributed by atoms with E-state index in [0.29, 0.717) is 10.8 Å². The van der Waals surface area contributed by atoms with Crippen LogP contribution >= 0.6 is 0 Å². The monoisotopic (exact) mass is 494 g/mol. The van der Waals surface area contributed by atoms with Gasteiger partial charge in [-0.2, -0.15) is 0 Å². The Balaban J connectivity index is 1.88. The van der Waals surface area contributed by atoms with E-state index in [2.05, 4.69) is 24.3 Å². The van der Waals surface area contributed by atoms with Gasteiger partial charge in [-0.25, -0.2) is 9.59 Å². The molecule has 0 aliphatic heterocycles. The molecule has 182 valence electrons. The van der Waals surface area contributed by atoms with Gasteiger partial charge in [0.25, 0.3) is 0 Å². The summed E-state index contributed by atoms with van der Waals surface area (Å²) in [5.41, 5.74) is 0.452. The maximum atomic E-state index is 13.7. The fraction of sp³-hybridized carbons (Fsp3) is 0.0588. The Morgan fingerprint density at radius 2 is 0.789 bits per heavy atom. The van der Waals surface area contributed by atoms with Crippen LogP contribution in [0.2, 0.25) is 0 Å². The van der Waals surface area contributed by atoms with E-state index in [-0.39, 0.29) is 11.1 Å². The van der Waals surface area contributed by atoms with Crippen molar-refractivity contribution in [1.29, 1.82) is 0 Å². The molecule has 0 aliphatic carbocycles. The van der Waals surface area contributed by atoms with Gasteiger partial charge in [-0.1, -0.05) is 97.1 Å². The number of hydrogen-bond donors (Lipinski definition) is 0. The zero-order valence-corrected chi connectivity index (χ0v) is 20.9. The van der Waals surface area contributed by atoms with E-state index in [4.69, 9.17) is 9.47 Å². The van der Waals surface area contributed by atoms with Gasteiger partial charge in [0.2, 0.25) is 0 Å². The summed E-state index contributed by atoms with van der Waals surface area (Å²) in [6.45, 7) is 0. The SMILES string of the molecule is COC(=O)c1c(C(=O)OC)c2c(ccc3ccc4ccccc4c32)c2ccc3ccc4ccccc4c3c12. The Kier molecular flexibility index (Phi) is 4.85. The van der Waals surface area contributed by atoms with Crippen LogP contribution in [0, 0.1) is 0 Å². The fourth-order valence-electron chi connectivity index (χ4n) is 6.03. The summed E-state index contributed by atoms with van der Waals surface area (Å²) in [5.74, 6) is -1.15. The lowest BCUT2D eigenvalue weighted by molar-refractivity contribution is 0.0559. The van der Waals surface area contributed by atoms with Gasteiger partial charge in [0.15, 0.2) is 0 Å². The first-order valence-electron chi connectivity index (χ1n) is 12.4. The molecule has 0 bridgehead atoms. The minimum Gasteiger partial charge on any atom is -0.465 e. The van der Waals surface area contributed by atoms with E-state index in [1.807, 2.05) is 72.8 Å². The maximum absolute atomic E-state index is 13.7. The molecule has 0 amide bonds. The Labute approximate surface area is 218 Å². The Hall–Kier alpha value is -4.96. The summed E-state index contributed by atoms with van der Waals surface area (Å²) in [5, 5.41) is 11.0. The van der Waals surface area contributed by atoms with E-state index < -0.39 is 11.9 Å². The van der Waals surface area contributed by atoms with Crippen LogP contribution in [0.4, 0.5) is 0 Å². The molecule has 4 nitrogen and oxygen atoms in total. The first kappa shape index (κ1) is 22.3. The third-order valence-corrected chi connectivity index (χ3v) is 7.64. The molecule has 0 aromatic heterocycles. The highest BCUT2D eigenvalue weighted by Crippen LogP contribution is 2.44. The maximum Gasteiger partial charge on any atom is 0.339 e. The van der Waals surface area contributed by atoms with Crippen LogP contribution < -0.4 is 0 Å². The first-order chi connectivity index (χ1) is 18.6. The highest BCUT2D eigenvalue weighted by molar-refractivity contribution is 6.37. The van der Waals surface area contributed by atoms with Crippen molar-refractivity contribution in [2.24, 2.45) is 0 Å². The molecule has 0 fully saturated rings. The second-order valence-corrected chi connectivity index (χ2v) is 9.48. The van der Waals surface area contributed by atoms with Gasteiger partial charge in [-0.3, -0.25) is 0 Å². The number of fused-ring (bicyclic) bond motifs is 11. The lowest BCUT2D eigenvalue weighted by Crippen LogP contribution is -2.14. The summed E-state index contributed by atoms with van der Waals surface area (Å²) in [6, 6.07) is 32.6. The van der Waals surface area contributed by atoms with Crippen molar-refractivity contribution in [1.82, 2.24) is 0 Å². The summed E-state index contributed by atoms with van der Waals surface area (Å²) in [6.07, 6.45) is 0. The van der Waals surface area contributed by atoms with Crippen LogP contribution in [0.1, 0.15) is 20.7 Å². The topological polar surface area (TPSA) is 52.6 Å². The second kappa shape index (κ2) is 8.29. The quantitative estimate of drug-likeness (QED) is 0.180. The third kappa shape index (κ3) is 2.97. The van der Waals surface area contributed by atoms with Crippen LogP contribution in [-0.2, 0) is 9.47 Å². The Morgan fingerprint density at radius 1 is 0.421 bits per heavy atom. The number of carbonyl (C=O) groups excluding carboxylic acids is 2. The number of hydrogen-bond acceptors (Lipinski definition) is 4. The number of benzene rings is 7. The van der Waals surface area contributed by atoms with Crippen molar-refractivity contribution in [2.75, 3.05) is 14.2 Å². The average molecular weight is 495 g/mol.